The number of carbonyl (C=O) groups is 3. The molecule has 1 atom stereocenters. The third-order valence-electron chi connectivity index (χ3n) is 8.72. The van der Waals surface area contributed by atoms with Gasteiger partial charge in [0.15, 0.2) is 0 Å². The molecule has 3 aromatic rings. The number of aromatic nitrogens is 2. The Bertz CT molecular complexity index is 1540. The summed E-state index contributed by atoms with van der Waals surface area (Å²) in [6.45, 7) is 2.77. The minimum absolute atomic E-state index is 0.0447. The molecule has 1 spiro atoms. The molecule has 2 aromatic carbocycles. The lowest BCUT2D eigenvalue weighted by Gasteiger charge is -2.38. The number of ether oxygens (including phenoxy) is 1. The Labute approximate surface area is 236 Å². The quantitative estimate of drug-likeness (QED) is 0.432. The van der Waals surface area contributed by atoms with Gasteiger partial charge in [0.05, 0.1) is 24.9 Å². The Balaban J connectivity index is 1.18. The van der Waals surface area contributed by atoms with Gasteiger partial charge in [0, 0.05) is 48.3 Å². The highest BCUT2D eigenvalue weighted by Crippen LogP contribution is 2.50. The van der Waals surface area contributed by atoms with Crippen molar-refractivity contribution in [2.75, 3.05) is 19.7 Å². The molecule has 41 heavy (non-hydrogen) atoms. The molecule has 0 aliphatic carbocycles. The number of hydrogen-bond acceptors (Lipinski definition) is 6. The number of carboxylic acids is 1. The monoisotopic (exact) mass is 561 g/mol. The molecule has 4 heterocycles. The van der Waals surface area contributed by atoms with E-state index in [1.165, 1.54) is 16.5 Å². The Hall–Kier alpha value is -4.25. The van der Waals surface area contributed by atoms with Gasteiger partial charge < -0.3 is 20.5 Å². The zero-order chi connectivity index (χ0) is 28.9. The SMILES string of the molecule is Cn1cc(-c2cccc(CN3CCC4(CC3)COc3c4cc(F)c4c3CN(C(CCC(=O)O)C(N)=O)C4=O)c2)cn1. The molecule has 10 nitrogen and oxygen atoms in total. The fourth-order valence-corrected chi connectivity index (χ4v) is 6.49. The number of fused-ring (bicyclic) bond motifs is 4. The summed E-state index contributed by atoms with van der Waals surface area (Å²) < 4.78 is 23.4. The van der Waals surface area contributed by atoms with Crippen molar-refractivity contribution in [3.63, 3.8) is 0 Å². The largest absolute Gasteiger partial charge is 0.492 e. The van der Waals surface area contributed by atoms with Gasteiger partial charge in [-0.05, 0) is 55.6 Å². The second-order valence-corrected chi connectivity index (χ2v) is 11.3. The first-order chi connectivity index (χ1) is 19.6. The molecular weight excluding hydrogens is 529 g/mol. The fourth-order valence-electron chi connectivity index (χ4n) is 6.49. The van der Waals surface area contributed by atoms with E-state index in [2.05, 4.69) is 34.3 Å². The molecule has 0 radical (unpaired) electrons. The maximum Gasteiger partial charge on any atom is 0.303 e. The first-order valence-corrected chi connectivity index (χ1v) is 13.8. The average Bonchev–Trinajstić information content (AvgIpc) is 3.62. The topological polar surface area (TPSA) is 131 Å². The smallest absolute Gasteiger partial charge is 0.303 e. The molecule has 214 valence electrons. The highest BCUT2D eigenvalue weighted by molar-refractivity contribution is 6.02. The van der Waals surface area contributed by atoms with E-state index in [0.29, 0.717) is 17.9 Å². The van der Waals surface area contributed by atoms with E-state index in [1.807, 2.05) is 19.4 Å². The van der Waals surface area contributed by atoms with Gasteiger partial charge in [-0.25, -0.2) is 4.39 Å². The number of likely N-dealkylation sites (tertiary alicyclic amines) is 1. The van der Waals surface area contributed by atoms with Crippen LogP contribution < -0.4 is 10.5 Å². The van der Waals surface area contributed by atoms with Gasteiger partial charge in [0.1, 0.15) is 17.6 Å². The number of hydrogen-bond donors (Lipinski definition) is 2. The number of aryl methyl sites for hydroxylation is 1. The first kappa shape index (κ1) is 26.9. The molecule has 1 aromatic heterocycles. The molecule has 3 N–H and O–H groups in total. The van der Waals surface area contributed by atoms with E-state index in [1.54, 1.807) is 4.68 Å². The number of amides is 2. The Morgan fingerprint density at radius 2 is 2.00 bits per heavy atom. The molecule has 6 rings (SSSR count). The van der Waals surface area contributed by atoms with Crippen LogP contribution in [0.4, 0.5) is 4.39 Å². The minimum atomic E-state index is -1.14. The van der Waals surface area contributed by atoms with Crippen molar-refractivity contribution in [2.45, 2.75) is 50.2 Å². The molecular formula is C30H32FN5O5. The van der Waals surface area contributed by atoms with Crippen LogP contribution in [0.2, 0.25) is 0 Å². The van der Waals surface area contributed by atoms with E-state index < -0.39 is 29.6 Å². The Morgan fingerprint density at radius 1 is 1.22 bits per heavy atom. The lowest BCUT2D eigenvalue weighted by Crippen LogP contribution is -2.45. The van der Waals surface area contributed by atoms with Gasteiger partial charge in [-0.3, -0.25) is 24.0 Å². The Kier molecular flexibility index (Phi) is 6.77. The van der Waals surface area contributed by atoms with Crippen molar-refractivity contribution in [3.05, 3.63) is 70.8 Å². The van der Waals surface area contributed by atoms with E-state index in [0.717, 1.165) is 49.2 Å². The van der Waals surface area contributed by atoms with Crippen LogP contribution in [0.5, 0.6) is 5.75 Å². The van der Waals surface area contributed by atoms with Gasteiger partial charge in [-0.2, -0.15) is 5.10 Å². The number of benzene rings is 2. The number of carbonyl (C=O) groups excluding carboxylic acids is 2. The van der Waals surface area contributed by atoms with Crippen molar-refractivity contribution >= 4 is 17.8 Å². The van der Waals surface area contributed by atoms with Gasteiger partial charge in [-0.1, -0.05) is 18.2 Å². The van der Waals surface area contributed by atoms with Crippen LogP contribution in [-0.2, 0) is 35.1 Å². The third kappa shape index (κ3) is 4.84. The number of nitrogens with two attached hydrogens (primary N) is 1. The summed E-state index contributed by atoms with van der Waals surface area (Å²) in [4.78, 5) is 39.9. The number of piperidine rings is 1. The molecule has 1 fully saturated rings. The second-order valence-electron chi connectivity index (χ2n) is 11.3. The van der Waals surface area contributed by atoms with E-state index in [9.17, 15) is 14.4 Å². The van der Waals surface area contributed by atoms with Crippen molar-refractivity contribution < 1.29 is 28.6 Å². The van der Waals surface area contributed by atoms with Gasteiger partial charge in [-0.15, -0.1) is 0 Å². The van der Waals surface area contributed by atoms with Crippen molar-refractivity contribution in [1.82, 2.24) is 19.6 Å². The summed E-state index contributed by atoms with van der Waals surface area (Å²) in [7, 11) is 1.90. The highest BCUT2D eigenvalue weighted by Gasteiger charge is 2.48. The molecule has 1 saturated heterocycles. The average molecular weight is 562 g/mol. The number of halogens is 1. The fraction of sp³-hybridized carbons (Fsp3) is 0.400. The van der Waals surface area contributed by atoms with Gasteiger partial charge >= 0.3 is 5.97 Å². The number of nitrogens with zero attached hydrogens (tertiary/aromatic N) is 4. The predicted octanol–water partition coefficient (Wildman–Crippen LogP) is 2.83. The maximum absolute atomic E-state index is 15.5. The molecule has 11 heteroatoms. The zero-order valence-corrected chi connectivity index (χ0v) is 22.8. The molecule has 3 aliphatic rings. The summed E-state index contributed by atoms with van der Waals surface area (Å²) in [6, 6.07) is 8.72. The maximum atomic E-state index is 15.5. The normalized spacial score (nSPS) is 18.3. The molecule has 0 bridgehead atoms. The minimum Gasteiger partial charge on any atom is -0.492 e. The lowest BCUT2D eigenvalue weighted by molar-refractivity contribution is -0.137. The summed E-state index contributed by atoms with van der Waals surface area (Å²) in [5, 5.41) is 13.3. The van der Waals surface area contributed by atoms with Gasteiger partial charge in [0.2, 0.25) is 5.91 Å². The van der Waals surface area contributed by atoms with Crippen molar-refractivity contribution in [1.29, 1.82) is 0 Å². The third-order valence-corrected chi connectivity index (χ3v) is 8.72. The molecule has 0 saturated carbocycles. The van der Waals surface area contributed by atoms with Crippen LogP contribution in [0.1, 0.15) is 52.7 Å². The number of rotatable bonds is 8. The van der Waals surface area contributed by atoms with Crippen LogP contribution in [0, 0.1) is 5.82 Å². The molecule has 1 unspecified atom stereocenters. The number of aliphatic carboxylic acids is 1. The number of primary amides is 1. The van der Waals surface area contributed by atoms with Crippen LogP contribution in [0.15, 0.2) is 42.7 Å². The predicted molar refractivity (Wildman–Crippen MR) is 146 cm³/mol. The second kappa shape index (κ2) is 10.3. The first-order valence-electron chi connectivity index (χ1n) is 13.8. The molecule has 2 amide bonds. The van der Waals surface area contributed by atoms with E-state index in [4.69, 9.17) is 15.6 Å². The van der Waals surface area contributed by atoms with Crippen LogP contribution in [-0.4, -0.2) is 68.2 Å². The van der Waals surface area contributed by atoms with E-state index >= 15 is 4.39 Å². The van der Waals surface area contributed by atoms with Crippen molar-refractivity contribution in [3.8, 4) is 16.9 Å². The van der Waals surface area contributed by atoms with Crippen LogP contribution in [0.25, 0.3) is 11.1 Å². The van der Waals surface area contributed by atoms with Crippen LogP contribution in [0.3, 0.4) is 0 Å². The molecule has 3 aliphatic heterocycles. The zero-order valence-electron chi connectivity index (χ0n) is 22.8. The standard InChI is InChI=1S/C30H32FN5O5/c1-34-15-20(13-33-34)19-4-2-3-18(11-19)14-35-9-7-30(8-10-35)17-41-27-21-16-36(24(28(32)39)5-6-25(37)38)29(40)26(21)23(31)12-22(27)30/h2-4,11-13,15,24H,5-10,14,16-17H2,1H3,(H2,32,39)(H,37,38). The lowest BCUT2D eigenvalue weighted by atomic mass is 9.73. The van der Waals surface area contributed by atoms with Crippen LogP contribution >= 0.6 is 0 Å². The van der Waals surface area contributed by atoms with Gasteiger partial charge in [0.25, 0.3) is 5.91 Å². The Morgan fingerprint density at radius 3 is 2.68 bits per heavy atom. The summed E-state index contributed by atoms with van der Waals surface area (Å²) in [5.41, 5.74) is 9.62. The van der Waals surface area contributed by atoms with Crippen molar-refractivity contribution in [2.24, 2.45) is 12.8 Å². The number of carboxylic acid groups (broad SMARTS) is 1. The van der Waals surface area contributed by atoms with E-state index in [-0.39, 0.29) is 30.4 Å². The summed E-state index contributed by atoms with van der Waals surface area (Å²) >= 11 is 0. The highest BCUT2D eigenvalue weighted by atomic mass is 19.1. The summed E-state index contributed by atoms with van der Waals surface area (Å²) in [6.07, 6.45) is 4.93. The summed E-state index contributed by atoms with van der Waals surface area (Å²) in [5.74, 6) is -2.73.